The van der Waals surface area contributed by atoms with Crippen LogP contribution in [0, 0.1) is 11.3 Å². The highest BCUT2D eigenvalue weighted by Crippen LogP contribution is 2.26. The van der Waals surface area contributed by atoms with Crippen molar-refractivity contribution < 1.29 is 9.90 Å². The van der Waals surface area contributed by atoms with Crippen molar-refractivity contribution in [1.29, 1.82) is 5.26 Å². The Morgan fingerprint density at radius 2 is 1.93 bits per heavy atom. The van der Waals surface area contributed by atoms with Crippen LogP contribution in [0.5, 0.6) is 0 Å². The second-order valence-corrected chi connectivity index (χ2v) is 7.24. The van der Waals surface area contributed by atoms with Crippen LogP contribution in [-0.2, 0) is 6.54 Å². The van der Waals surface area contributed by atoms with E-state index in [1.165, 1.54) is 5.56 Å². The summed E-state index contributed by atoms with van der Waals surface area (Å²) in [4.78, 5) is 17.2. The lowest BCUT2D eigenvalue weighted by molar-refractivity contribution is 0.0930. The largest absolute Gasteiger partial charge is 0.396 e. The first-order valence-electron chi connectivity index (χ1n) is 9.83. The molecule has 3 aromatic rings. The highest BCUT2D eigenvalue weighted by molar-refractivity contribution is 5.96. The number of carbonyl (C=O) groups is 1. The smallest absolute Gasteiger partial charge is 0.251 e. The van der Waals surface area contributed by atoms with Gasteiger partial charge in [0.1, 0.15) is 0 Å². The predicted octanol–water partition coefficient (Wildman–Crippen LogP) is 4.01. The van der Waals surface area contributed by atoms with E-state index in [9.17, 15) is 9.90 Å². The van der Waals surface area contributed by atoms with Gasteiger partial charge >= 0.3 is 0 Å². The zero-order valence-corrected chi connectivity index (χ0v) is 16.4. The minimum atomic E-state index is -0.379. The molecule has 148 valence electrons. The number of benzene rings is 3. The number of nitrogens with one attached hydrogen (secondary N) is 1. The number of hydrogen-bond donors (Lipinski definition) is 2. The van der Waals surface area contributed by atoms with E-state index < -0.39 is 0 Å². The summed E-state index contributed by atoms with van der Waals surface area (Å²) in [5, 5.41) is 21.6. The van der Waals surface area contributed by atoms with Crippen molar-refractivity contribution >= 4 is 12.1 Å². The molecule has 0 aromatic heterocycles. The number of rotatable bonds is 6. The van der Waals surface area contributed by atoms with Gasteiger partial charge in [0.15, 0.2) is 0 Å². The van der Waals surface area contributed by atoms with Crippen molar-refractivity contribution in [3.05, 3.63) is 94.5 Å². The van der Waals surface area contributed by atoms with Gasteiger partial charge in [0.25, 0.3) is 5.91 Å². The Hall–Kier alpha value is -3.75. The summed E-state index contributed by atoms with van der Waals surface area (Å²) in [6.07, 6.45) is 2.24. The van der Waals surface area contributed by atoms with Crippen molar-refractivity contribution in [2.24, 2.45) is 4.99 Å². The fourth-order valence-electron chi connectivity index (χ4n) is 3.64. The van der Waals surface area contributed by atoms with Gasteiger partial charge in [0, 0.05) is 18.4 Å². The fourth-order valence-corrected chi connectivity index (χ4v) is 3.64. The first-order chi connectivity index (χ1) is 14.7. The zero-order valence-electron chi connectivity index (χ0n) is 16.4. The molecule has 0 aliphatic carbocycles. The Balaban J connectivity index is 1.57. The molecule has 1 heterocycles. The van der Waals surface area contributed by atoms with Gasteiger partial charge in [0.2, 0.25) is 0 Å². The second kappa shape index (κ2) is 8.73. The van der Waals surface area contributed by atoms with Crippen molar-refractivity contribution in [2.45, 2.75) is 19.0 Å². The van der Waals surface area contributed by atoms with Crippen LogP contribution in [0.4, 0.5) is 0 Å². The van der Waals surface area contributed by atoms with Crippen molar-refractivity contribution in [2.75, 3.05) is 6.61 Å². The molecular formula is C25H21N3O2. The number of aliphatic hydroxyl groups is 1. The van der Waals surface area contributed by atoms with E-state index in [0.29, 0.717) is 17.5 Å². The average molecular weight is 395 g/mol. The quantitative estimate of drug-likeness (QED) is 0.661. The molecule has 1 aliphatic rings. The van der Waals surface area contributed by atoms with E-state index in [1.54, 1.807) is 24.3 Å². The average Bonchev–Trinajstić information content (AvgIpc) is 3.27. The molecule has 3 aromatic carbocycles. The monoisotopic (exact) mass is 395 g/mol. The normalized spacial score (nSPS) is 12.8. The van der Waals surface area contributed by atoms with E-state index in [4.69, 9.17) is 5.26 Å². The van der Waals surface area contributed by atoms with Gasteiger partial charge in [-0.2, -0.15) is 5.26 Å². The van der Waals surface area contributed by atoms with Crippen LogP contribution < -0.4 is 5.32 Å². The van der Waals surface area contributed by atoms with Gasteiger partial charge < -0.3 is 10.4 Å². The number of amides is 1. The molecule has 0 saturated heterocycles. The number of nitrogens with zero attached hydrogens (tertiary/aromatic N) is 2. The molecule has 1 aliphatic heterocycles. The van der Waals surface area contributed by atoms with E-state index in [1.807, 2.05) is 36.5 Å². The van der Waals surface area contributed by atoms with E-state index in [0.717, 1.165) is 28.8 Å². The number of aliphatic imine (C=N–C) groups is 1. The van der Waals surface area contributed by atoms with Crippen LogP contribution in [0.2, 0.25) is 0 Å². The lowest BCUT2D eigenvalue weighted by Gasteiger charge is -2.19. The summed E-state index contributed by atoms with van der Waals surface area (Å²) in [5.41, 5.74) is 6.17. The number of carbonyl (C=O) groups excluding carboxylic acids is 1. The number of fused-ring (bicyclic) bond motifs is 1. The van der Waals surface area contributed by atoms with Crippen LogP contribution >= 0.6 is 0 Å². The Labute approximate surface area is 175 Å². The molecule has 1 unspecified atom stereocenters. The van der Waals surface area contributed by atoms with Crippen molar-refractivity contribution in [1.82, 2.24) is 5.32 Å². The van der Waals surface area contributed by atoms with Crippen LogP contribution in [0.3, 0.4) is 0 Å². The highest BCUT2D eigenvalue weighted by Gasteiger charge is 2.17. The zero-order chi connectivity index (χ0) is 20.9. The van der Waals surface area contributed by atoms with Gasteiger partial charge in [-0.25, -0.2) is 0 Å². The third-order valence-corrected chi connectivity index (χ3v) is 5.24. The maximum absolute atomic E-state index is 12.9. The maximum Gasteiger partial charge on any atom is 0.251 e. The molecule has 0 radical (unpaired) electrons. The highest BCUT2D eigenvalue weighted by atomic mass is 16.3. The molecule has 0 bridgehead atoms. The molecule has 0 spiro atoms. The molecule has 0 fully saturated rings. The van der Waals surface area contributed by atoms with Crippen LogP contribution in [0.25, 0.3) is 11.1 Å². The van der Waals surface area contributed by atoms with Gasteiger partial charge in [-0.15, -0.1) is 0 Å². The number of aliphatic hydroxyl groups excluding tert-OH is 1. The molecule has 2 N–H and O–H groups in total. The molecule has 30 heavy (non-hydrogen) atoms. The van der Waals surface area contributed by atoms with Gasteiger partial charge in [-0.05, 0) is 64.6 Å². The fraction of sp³-hybridized carbons (Fsp3) is 0.160. The second-order valence-electron chi connectivity index (χ2n) is 7.24. The Morgan fingerprint density at radius 1 is 1.10 bits per heavy atom. The number of nitriles is 1. The predicted molar refractivity (Wildman–Crippen MR) is 116 cm³/mol. The minimum Gasteiger partial charge on any atom is -0.396 e. The van der Waals surface area contributed by atoms with Gasteiger partial charge in [0.05, 0.1) is 24.2 Å². The topological polar surface area (TPSA) is 85.5 Å². The molecule has 1 atom stereocenters. The Morgan fingerprint density at radius 3 is 2.77 bits per heavy atom. The molecule has 1 amide bonds. The minimum absolute atomic E-state index is 0.0710. The summed E-state index contributed by atoms with van der Waals surface area (Å²) < 4.78 is 0. The van der Waals surface area contributed by atoms with Crippen molar-refractivity contribution in [3.8, 4) is 17.2 Å². The molecule has 0 saturated carbocycles. The molecule has 5 nitrogen and oxygen atoms in total. The molecule has 4 rings (SSSR count). The number of hydrogen-bond acceptors (Lipinski definition) is 4. The Bertz CT molecular complexity index is 1160. The van der Waals surface area contributed by atoms with Gasteiger partial charge in [-0.3, -0.25) is 9.79 Å². The standard InChI is InChI=1S/C25H21N3O2/c26-14-17-3-1-5-20(11-17)24(9-10-29)28-25(30)21-6-2-4-18(12-21)19-7-8-22-15-27-16-23(22)13-19/h1-8,11-13,16,24,29H,9-10,15H2,(H,28,30). The Kier molecular flexibility index (Phi) is 5.69. The third-order valence-electron chi connectivity index (χ3n) is 5.24. The van der Waals surface area contributed by atoms with E-state index in [-0.39, 0.29) is 18.6 Å². The molecular weight excluding hydrogens is 374 g/mol. The summed E-state index contributed by atoms with van der Waals surface area (Å²) in [7, 11) is 0. The maximum atomic E-state index is 12.9. The first-order valence-corrected chi connectivity index (χ1v) is 9.83. The van der Waals surface area contributed by atoms with Crippen LogP contribution in [0.1, 0.15) is 45.1 Å². The SMILES string of the molecule is N#Cc1cccc(C(CCO)NC(=O)c2cccc(-c3ccc4c(c3)C=NC4)c2)c1. The van der Waals surface area contributed by atoms with Crippen molar-refractivity contribution in [3.63, 3.8) is 0 Å². The summed E-state index contributed by atoms with van der Waals surface area (Å²) >= 11 is 0. The third kappa shape index (κ3) is 4.14. The van der Waals surface area contributed by atoms with Gasteiger partial charge in [-0.1, -0.05) is 36.4 Å². The van der Waals surface area contributed by atoms with E-state index in [2.05, 4.69) is 28.5 Å². The summed E-state index contributed by atoms with van der Waals surface area (Å²) in [5.74, 6) is -0.222. The lowest BCUT2D eigenvalue weighted by atomic mass is 9.98. The van der Waals surface area contributed by atoms with Crippen LogP contribution in [-0.4, -0.2) is 23.8 Å². The van der Waals surface area contributed by atoms with Crippen LogP contribution in [0.15, 0.2) is 71.7 Å². The lowest BCUT2D eigenvalue weighted by Crippen LogP contribution is -2.29. The van der Waals surface area contributed by atoms with E-state index >= 15 is 0 Å². The first kappa shape index (κ1) is 19.6. The summed E-state index contributed by atoms with van der Waals surface area (Å²) in [6.45, 7) is 0.649. The summed E-state index contributed by atoms with van der Waals surface area (Å²) in [6, 6.07) is 22.5. The molecule has 5 heteroatoms.